The molecule has 0 saturated heterocycles. The molecule has 0 N–H and O–H groups in total. The molecule has 0 amide bonds. The summed E-state index contributed by atoms with van der Waals surface area (Å²) in [5.41, 5.74) is 15.4. The van der Waals surface area contributed by atoms with Crippen molar-refractivity contribution in [1.29, 1.82) is 0 Å². The Morgan fingerprint density at radius 3 is 2.06 bits per heavy atom. The largest absolute Gasteiger partial charge is 0.455 e. The fraction of sp³-hybridized carbons (Fsp3) is 0.0667. The SMILES string of the molecule is CC1(C)c2ccccc2-c2ccccc2-c2c1ccc1c2c2ccccc2n1-c1cccc(-c2cccc3c2oc2ccccc23)c1. The number of nitrogens with zero attached hydrogens (tertiary/aromatic N) is 1. The molecule has 1 aliphatic rings. The number of hydrogen-bond donors (Lipinski definition) is 0. The predicted octanol–water partition coefficient (Wildman–Crippen LogP) is 12.3. The maximum atomic E-state index is 6.46. The van der Waals surface area contributed by atoms with E-state index in [2.05, 4.69) is 164 Å². The predicted molar refractivity (Wildman–Crippen MR) is 196 cm³/mol. The van der Waals surface area contributed by atoms with Gasteiger partial charge in [0, 0.05) is 38.2 Å². The van der Waals surface area contributed by atoms with Gasteiger partial charge in [0.2, 0.25) is 0 Å². The molecule has 1 aliphatic carbocycles. The van der Waals surface area contributed by atoms with E-state index in [0.29, 0.717) is 0 Å². The van der Waals surface area contributed by atoms with Crippen molar-refractivity contribution in [2.45, 2.75) is 19.3 Å². The molecule has 0 bridgehead atoms. The van der Waals surface area contributed by atoms with E-state index in [-0.39, 0.29) is 5.41 Å². The van der Waals surface area contributed by atoms with Gasteiger partial charge in [-0.25, -0.2) is 0 Å². The van der Waals surface area contributed by atoms with Crippen LogP contribution in [0.15, 0.2) is 156 Å². The Hall–Kier alpha value is -5.86. The van der Waals surface area contributed by atoms with Gasteiger partial charge in [-0.3, -0.25) is 0 Å². The van der Waals surface area contributed by atoms with Crippen molar-refractivity contribution in [1.82, 2.24) is 4.57 Å². The van der Waals surface area contributed by atoms with Gasteiger partial charge in [0.15, 0.2) is 0 Å². The number of aromatic nitrogens is 1. The molecule has 10 rings (SSSR count). The van der Waals surface area contributed by atoms with Gasteiger partial charge in [0.1, 0.15) is 11.2 Å². The summed E-state index contributed by atoms with van der Waals surface area (Å²) in [5.74, 6) is 0. The van der Waals surface area contributed by atoms with E-state index in [1.807, 2.05) is 6.07 Å². The van der Waals surface area contributed by atoms with Gasteiger partial charge >= 0.3 is 0 Å². The van der Waals surface area contributed by atoms with Crippen LogP contribution in [0.5, 0.6) is 0 Å². The Morgan fingerprint density at radius 1 is 0.489 bits per heavy atom. The van der Waals surface area contributed by atoms with Gasteiger partial charge in [0.25, 0.3) is 0 Å². The Kier molecular flexibility index (Phi) is 5.37. The topological polar surface area (TPSA) is 18.1 Å². The summed E-state index contributed by atoms with van der Waals surface area (Å²) in [6.07, 6.45) is 0. The Morgan fingerprint density at radius 2 is 1.17 bits per heavy atom. The fourth-order valence-electron chi connectivity index (χ4n) is 8.27. The van der Waals surface area contributed by atoms with E-state index in [1.165, 1.54) is 55.2 Å². The molecule has 2 nitrogen and oxygen atoms in total. The molecule has 9 aromatic rings. The summed E-state index contributed by atoms with van der Waals surface area (Å²) in [7, 11) is 0. The highest BCUT2D eigenvalue weighted by molar-refractivity contribution is 6.18. The third kappa shape index (κ3) is 3.61. The average Bonchev–Trinajstić information content (AvgIpc) is 3.65. The molecule has 222 valence electrons. The summed E-state index contributed by atoms with van der Waals surface area (Å²) >= 11 is 0. The summed E-state index contributed by atoms with van der Waals surface area (Å²) in [5, 5.41) is 4.86. The number of fused-ring (bicyclic) bond motifs is 12. The second-order valence-electron chi connectivity index (χ2n) is 13.3. The van der Waals surface area contributed by atoms with Crippen LogP contribution in [0.2, 0.25) is 0 Å². The summed E-state index contributed by atoms with van der Waals surface area (Å²) in [4.78, 5) is 0. The highest BCUT2D eigenvalue weighted by atomic mass is 16.3. The van der Waals surface area contributed by atoms with E-state index in [0.717, 1.165) is 38.8 Å². The van der Waals surface area contributed by atoms with E-state index < -0.39 is 0 Å². The molecule has 2 aromatic heterocycles. The van der Waals surface area contributed by atoms with Crippen molar-refractivity contribution in [2.24, 2.45) is 0 Å². The zero-order valence-electron chi connectivity index (χ0n) is 26.3. The lowest BCUT2D eigenvalue weighted by Crippen LogP contribution is -2.19. The van der Waals surface area contributed by atoms with E-state index in [4.69, 9.17) is 4.42 Å². The Labute approximate surface area is 273 Å². The van der Waals surface area contributed by atoms with Crippen LogP contribution in [0.25, 0.3) is 82.8 Å². The second kappa shape index (κ2) is 9.57. The molecule has 0 radical (unpaired) electrons. The smallest absolute Gasteiger partial charge is 0.143 e. The Bertz CT molecular complexity index is 2720. The lowest BCUT2D eigenvalue weighted by Gasteiger charge is -2.28. The van der Waals surface area contributed by atoms with Crippen LogP contribution in [0.4, 0.5) is 0 Å². The third-order valence-electron chi connectivity index (χ3n) is 10.4. The first-order chi connectivity index (χ1) is 23.1. The molecular weight excluding hydrogens is 571 g/mol. The molecule has 0 atom stereocenters. The molecule has 2 heteroatoms. The van der Waals surface area contributed by atoms with Crippen LogP contribution in [0.3, 0.4) is 0 Å². The van der Waals surface area contributed by atoms with Crippen LogP contribution in [0, 0.1) is 0 Å². The first-order valence-corrected chi connectivity index (χ1v) is 16.4. The number of benzene rings is 7. The molecular formula is C45H31NO. The van der Waals surface area contributed by atoms with Crippen molar-refractivity contribution >= 4 is 43.7 Å². The zero-order chi connectivity index (χ0) is 31.3. The van der Waals surface area contributed by atoms with Crippen molar-refractivity contribution in [3.63, 3.8) is 0 Å². The summed E-state index contributed by atoms with van der Waals surface area (Å²) < 4.78 is 8.90. The summed E-state index contributed by atoms with van der Waals surface area (Å²) in [6, 6.07) is 55.2. The lowest BCUT2D eigenvalue weighted by molar-refractivity contribution is 0.647. The number of rotatable bonds is 2. The van der Waals surface area contributed by atoms with E-state index in [9.17, 15) is 0 Å². The quantitative estimate of drug-likeness (QED) is 0.193. The van der Waals surface area contributed by atoms with Gasteiger partial charge in [-0.05, 0) is 69.3 Å². The number of furan rings is 1. The third-order valence-corrected chi connectivity index (χ3v) is 10.4. The fourth-order valence-corrected chi connectivity index (χ4v) is 8.27. The molecule has 0 unspecified atom stereocenters. The van der Waals surface area contributed by atoms with Crippen molar-refractivity contribution in [3.05, 3.63) is 163 Å². The monoisotopic (exact) mass is 601 g/mol. The van der Waals surface area contributed by atoms with Crippen molar-refractivity contribution in [3.8, 4) is 39.1 Å². The van der Waals surface area contributed by atoms with Gasteiger partial charge in [-0.2, -0.15) is 0 Å². The van der Waals surface area contributed by atoms with Gasteiger partial charge < -0.3 is 8.98 Å². The first-order valence-electron chi connectivity index (χ1n) is 16.4. The minimum absolute atomic E-state index is 0.187. The molecule has 47 heavy (non-hydrogen) atoms. The van der Waals surface area contributed by atoms with Crippen molar-refractivity contribution in [2.75, 3.05) is 0 Å². The number of hydrogen-bond acceptors (Lipinski definition) is 1. The molecule has 2 heterocycles. The highest BCUT2D eigenvalue weighted by Gasteiger charge is 2.34. The molecule has 0 spiro atoms. The van der Waals surface area contributed by atoms with E-state index >= 15 is 0 Å². The van der Waals surface area contributed by atoms with Gasteiger partial charge in [-0.1, -0.05) is 135 Å². The van der Waals surface area contributed by atoms with Crippen LogP contribution in [-0.2, 0) is 5.41 Å². The normalized spacial score (nSPS) is 13.5. The molecule has 0 fully saturated rings. The standard InChI is InChI=1S/C45H31NO/c1-45(2)37-22-8-5-16-32(37)31-15-3-4-18-34(31)42-38(45)25-26-40-43(42)36-19-6-9-23-39(36)46(40)29-14-11-13-28(27-29)30-20-12-21-35-33-17-7-10-24-41(33)47-44(30)35/h3-27H,1-2H3. The first kappa shape index (κ1) is 26.4. The highest BCUT2D eigenvalue weighted by Crippen LogP contribution is 2.52. The van der Waals surface area contributed by atoms with Gasteiger partial charge in [0.05, 0.1) is 11.0 Å². The van der Waals surface area contributed by atoms with Crippen LogP contribution in [0.1, 0.15) is 25.0 Å². The van der Waals surface area contributed by atoms with Crippen LogP contribution in [-0.4, -0.2) is 4.57 Å². The van der Waals surface area contributed by atoms with Crippen LogP contribution >= 0.6 is 0 Å². The molecule has 0 saturated carbocycles. The van der Waals surface area contributed by atoms with Gasteiger partial charge in [-0.15, -0.1) is 0 Å². The van der Waals surface area contributed by atoms with Crippen LogP contribution < -0.4 is 0 Å². The zero-order valence-corrected chi connectivity index (χ0v) is 26.3. The average molecular weight is 602 g/mol. The maximum Gasteiger partial charge on any atom is 0.143 e. The second-order valence-corrected chi connectivity index (χ2v) is 13.3. The molecule has 7 aromatic carbocycles. The summed E-state index contributed by atoms with van der Waals surface area (Å²) in [6.45, 7) is 4.76. The molecule has 0 aliphatic heterocycles. The minimum atomic E-state index is -0.187. The lowest BCUT2D eigenvalue weighted by atomic mass is 9.75. The van der Waals surface area contributed by atoms with E-state index in [1.54, 1.807) is 0 Å². The number of para-hydroxylation sites is 3. The maximum absolute atomic E-state index is 6.46. The Balaban J connectivity index is 1.27. The van der Waals surface area contributed by atoms with Crippen molar-refractivity contribution < 1.29 is 4.42 Å². The minimum Gasteiger partial charge on any atom is -0.455 e.